The minimum absolute atomic E-state index is 0.0485. The number of hydrogen-bond donors (Lipinski definition) is 1. The van der Waals surface area contributed by atoms with Crippen molar-refractivity contribution in [2.75, 3.05) is 5.32 Å². The Labute approximate surface area is 116 Å². The van der Waals surface area contributed by atoms with Crippen molar-refractivity contribution < 1.29 is 4.39 Å². The lowest BCUT2D eigenvalue weighted by atomic mass is 10.1. The molecule has 0 aliphatic heterocycles. The third kappa shape index (κ3) is 6.31. The van der Waals surface area contributed by atoms with E-state index in [2.05, 4.69) is 27.2 Å². The number of nitrogens with one attached hydrogen (secondary N) is 1. The highest BCUT2D eigenvalue weighted by molar-refractivity contribution is 6.31. The Morgan fingerprint density at radius 1 is 1.06 bits per heavy atom. The molecule has 0 radical (unpaired) electrons. The molecule has 0 saturated heterocycles. The summed E-state index contributed by atoms with van der Waals surface area (Å²) in [5.74, 6) is 0.0704. The molecular formula is C11H17Cl2FN4. The zero-order chi connectivity index (χ0) is 13.4. The van der Waals surface area contributed by atoms with Crippen LogP contribution in [0.25, 0.3) is 0 Å². The van der Waals surface area contributed by atoms with E-state index in [1.54, 1.807) is 0 Å². The highest BCUT2D eigenvalue weighted by Crippen LogP contribution is 2.14. The zero-order valence-electron chi connectivity index (χ0n) is 10.3. The van der Waals surface area contributed by atoms with Crippen LogP contribution in [0.2, 0.25) is 10.6 Å². The SMILES string of the molecule is CCCCCCCC(F)Nc1nc(Cl)nc(Cl)n1. The molecule has 0 saturated carbocycles. The molecule has 0 bridgehead atoms. The molecule has 1 aromatic heterocycles. The van der Waals surface area contributed by atoms with Gasteiger partial charge in [-0.15, -0.1) is 0 Å². The number of hydrogen-bond acceptors (Lipinski definition) is 4. The van der Waals surface area contributed by atoms with Crippen LogP contribution in [-0.2, 0) is 0 Å². The topological polar surface area (TPSA) is 50.7 Å². The second kappa shape index (κ2) is 8.43. The fraction of sp³-hybridized carbons (Fsp3) is 0.727. The standard InChI is InChI=1S/C11H17Cl2FN4/c1-2-3-4-5-6-7-8(14)15-11-17-9(12)16-10(13)18-11/h8H,2-7H2,1H3,(H,15,16,17,18). The number of nitrogens with zero attached hydrogens (tertiary/aromatic N) is 3. The number of halogens is 3. The van der Waals surface area contributed by atoms with Gasteiger partial charge in [-0.05, 0) is 36.0 Å². The third-order valence-corrected chi connectivity index (χ3v) is 2.77. The molecule has 102 valence electrons. The maximum absolute atomic E-state index is 13.6. The van der Waals surface area contributed by atoms with E-state index in [9.17, 15) is 4.39 Å². The molecule has 1 atom stereocenters. The monoisotopic (exact) mass is 294 g/mol. The highest BCUT2D eigenvalue weighted by atomic mass is 35.5. The molecule has 1 N–H and O–H groups in total. The van der Waals surface area contributed by atoms with Crippen molar-refractivity contribution in [3.05, 3.63) is 10.6 Å². The van der Waals surface area contributed by atoms with Gasteiger partial charge in [-0.25, -0.2) is 4.39 Å². The largest absolute Gasteiger partial charge is 0.324 e. The summed E-state index contributed by atoms with van der Waals surface area (Å²) in [6.07, 6.45) is 4.62. The van der Waals surface area contributed by atoms with Crippen molar-refractivity contribution in [1.82, 2.24) is 15.0 Å². The van der Waals surface area contributed by atoms with Crippen LogP contribution in [0.5, 0.6) is 0 Å². The van der Waals surface area contributed by atoms with Gasteiger partial charge >= 0.3 is 0 Å². The van der Waals surface area contributed by atoms with Crippen LogP contribution < -0.4 is 5.32 Å². The summed E-state index contributed by atoms with van der Waals surface area (Å²) in [4.78, 5) is 11.1. The lowest BCUT2D eigenvalue weighted by molar-refractivity contribution is 0.338. The quantitative estimate of drug-likeness (QED) is 0.575. The van der Waals surface area contributed by atoms with Crippen molar-refractivity contribution in [1.29, 1.82) is 0 Å². The summed E-state index contributed by atoms with van der Waals surface area (Å²) in [6, 6.07) is 0. The smallest absolute Gasteiger partial charge is 0.230 e. The van der Waals surface area contributed by atoms with Crippen LogP contribution in [0.4, 0.5) is 10.3 Å². The minimum Gasteiger partial charge on any atom is -0.324 e. The summed E-state index contributed by atoms with van der Waals surface area (Å²) in [5, 5.41) is 2.42. The molecule has 0 amide bonds. The average molecular weight is 295 g/mol. The summed E-state index contributed by atoms with van der Waals surface area (Å²) >= 11 is 11.2. The molecule has 0 fully saturated rings. The van der Waals surface area contributed by atoms with Crippen LogP contribution in [0.15, 0.2) is 0 Å². The molecule has 7 heteroatoms. The van der Waals surface area contributed by atoms with Gasteiger partial charge in [0.05, 0.1) is 0 Å². The first kappa shape index (κ1) is 15.4. The van der Waals surface area contributed by atoms with E-state index in [4.69, 9.17) is 23.2 Å². The lowest BCUT2D eigenvalue weighted by Crippen LogP contribution is -2.16. The molecule has 0 aliphatic rings. The van der Waals surface area contributed by atoms with Crippen molar-refractivity contribution in [3.8, 4) is 0 Å². The molecule has 18 heavy (non-hydrogen) atoms. The normalized spacial score (nSPS) is 12.4. The first-order valence-corrected chi connectivity index (χ1v) is 6.85. The van der Waals surface area contributed by atoms with E-state index in [0.29, 0.717) is 6.42 Å². The molecule has 1 unspecified atom stereocenters. The average Bonchev–Trinajstić information content (AvgIpc) is 2.27. The van der Waals surface area contributed by atoms with Gasteiger partial charge in [-0.2, -0.15) is 15.0 Å². The predicted molar refractivity (Wildman–Crippen MR) is 71.7 cm³/mol. The number of unbranched alkanes of at least 4 members (excludes halogenated alkanes) is 4. The first-order chi connectivity index (χ1) is 8.61. The summed E-state index contributed by atoms with van der Waals surface area (Å²) in [6.45, 7) is 2.15. The third-order valence-electron chi connectivity index (χ3n) is 2.43. The van der Waals surface area contributed by atoms with Gasteiger partial charge < -0.3 is 5.32 Å². The van der Waals surface area contributed by atoms with Crippen molar-refractivity contribution in [2.24, 2.45) is 0 Å². The fourth-order valence-corrected chi connectivity index (χ4v) is 1.89. The fourth-order valence-electron chi connectivity index (χ4n) is 1.53. The molecular weight excluding hydrogens is 278 g/mol. The molecule has 0 spiro atoms. The van der Waals surface area contributed by atoms with Gasteiger partial charge in [0.15, 0.2) is 6.30 Å². The maximum atomic E-state index is 13.6. The Morgan fingerprint density at radius 2 is 1.67 bits per heavy atom. The first-order valence-electron chi connectivity index (χ1n) is 6.09. The number of rotatable bonds is 8. The van der Waals surface area contributed by atoms with Crippen LogP contribution in [-0.4, -0.2) is 21.2 Å². The number of alkyl halides is 1. The Balaban J connectivity index is 2.28. The summed E-state index contributed by atoms with van der Waals surface area (Å²) in [7, 11) is 0. The number of aromatic nitrogens is 3. The van der Waals surface area contributed by atoms with Gasteiger partial charge in [0.25, 0.3) is 0 Å². The molecule has 4 nitrogen and oxygen atoms in total. The lowest BCUT2D eigenvalue weighted by Gasteiger charge is -2.10. The van der Waals surface area contributed by atoms with Crippen LogP contribution in [0.1, 0.15) is 45.4 Å². The summed E-state index contributed by atoms with van der Waals surface area (Å²) in [5.41, 5.74) is 0. The maximum Gasteiger partial charge on any atom is 0.230 e. The Hall–Kier alpha value is -0.680. The highest BCUT2D eigenvalue weighted by Gasteiger charge is 2.09. The Bertz CT molecular complexity index is 345. The van der Waals surface area contributed by atoms with Gasteiger partial charge in [-0.1, -0.05) is 32.6 Å². The van der Waals surface area contributed by atoms with E-state index < -0.39 is 6.30 Å². The van der Waals surface area contributed by atoms with Crippen molar-refractivity contribution in [2.45, 2.75) is 51.7 Å². The van der Waals surface area contributed by atoms with Gasteiger partial charge in [-0.3, -0.25) is 0 Å². The molecule has 1 aromatic rings. The molecule has 1 rings (SSSR count). The van der Waals surface area contributed by atoms with Crippen molar-refractivity contribution >= 4 is 29.2 Å². The second-order valence-corrected chi connectivity index (χ2v) is 4.69. The Kier molecular flexibility index (Phi) is 7.20. The van der Waals surface area contributed by atoms with E-state index in [1.807, 2.05) is 0 Å². The van der Waals surface area contributed by atoms with Gasteiger partial charge in [0, 0.05) is 0 Å². The van der Waals surface area contributed by atoms with E-state index in [1.165, 1.54) is 12.8 Å². The van der Waals surface area contributed by atoms with Crippen LogP contribution in [0.3, 0.4) is 0 Å². The summed E-state index contributed by atoms with van der Waals surface area (Å²) < 4.78 is 13.6. The molecule has 0 aromatic carbocycles. The van der Waals surface area contributed by atoms with Gasteiger partial charge in [0.1, 0.15) is 0 Å². The van der Waals surface area contributed by atoms with Crippen LogP contribution >= 0.6 is 23.2 Å². The minimum atomic E-state index is -1.19. The van der Waals surface area contributed by atoms with E-state index >= 15 is 0 Å². The van der Waals surface area contributed by atoms with Crippen molar-refractivity contribution in [3.63, 3.8) is 0 Å². The second-order valence-electron chi connectivity index (χ2n) is 4.01. The van der Waals surface area contributed by atoms with E-state index in [0.717, 1.165) is 19.3 Å². The molecule has 1 heterocycles. The predicted octanol–water partition coefficient (Wildman–Crippen LogP) is 4.25. The Morgan fingerprint density at radius 3 is 2.28 bits per heavy atom. The zero-order valence-corrected chi connectivity index (χ0v) is 11.8. The van der Waals surface area contributed by atoms with Gasteiger partial charge in [0.2, 0.25) is 16.5 Å². The molecule has 0 aliphatic carbocycles. The van der Waals surface area contributed by atoms with Crippen LogP contribution in [0, 0.1) is 0 Å². The number of anilines is 1. The van der Waals surface area contributed by atoms with E-state index in [-0.39, 0.29) is 16.5 Å².